The number of fused-ring (bicyclic) bond motifs is 1. The van der Waals surface area contributed by atoms with Crippen molar-refractivity contribution in [2.75, 3.05) is 0 Å². The molecule has 3 heterocycles. The highest BCUT2D eigenvalue weighted by Crippen LogP contribution is 2.28. The number of aromatic nitrogens is 4. The lowest BCUT2D eigenvalue weighted by Gasteiger charge is -2.06. The molecule has 0 amide bonds. The van der Waals surface area contributed by atoms with Gasteiger partial charge in [-0.15, -0.1) is 0 Å². The maximum absolute atomic E-state index is 12.7. The summed E-state index contributed by atoms with van der Waals surface area (Å²) in [6.45, 7) is 3.92. The lowest BCUT2D eigenvalue weighted by atomic mass is 10.2. The molecule has 6 nitrogen and oxygen atoms in total. The zero-order valence-electron chi connectivity index (χ0n) is 17.3. The average Bonchev–Trinajstić information content (AvgIpc) is 3.33. The Bertz CT molecular complexity index is 1530. The van der Waals surface area contributed by atoms with Crippen molar-refractivity contribution in [3.63, 3.8) is 0 Å². The maximum atomic E-state index is 12.7. The van der Waals surface area contributed by atoms with E-state index in [4.69, 9.17) is 21.6 Å². The van der Waals surface area contributed by atoms with E-state index < -0.39 is 0 Å². The Labute approximate surface area is 197 Å². The van der Waals surface area contributed by atoms with Crippen molar-refractivity contribution in [3.8, 4) is 17.1 Å². The summed E-state index contributed by atoms with van der Waals surface area (Å²) in [5.74, 6) is 1.85. The molecule has 0 aliphatic rings. The van der Waals surface area contributed by atoms with Gasteiger partial charge < -0.3 is 9.40 Å². The number of thioether (sulfide) groups is 1. The lowest BCUT2D eigenvalue weighted by molar-refractivity contribution is 0.540. The molecule has 160 valence electrons. The maximum Gasteiger partial charge on any atom is 0.271 e. The first kappa shape index (κ1) is 20.9. The molecule has 1 N–H and O–H groups in total. The van der Waals surface area contributed by atoms with Crippen molar-refractivity contribution in [2.24, 2.45) is 0 Å². The number of nitrogens with one attached hydrogen (secondary N) is 1. The molecule has 0 saturated carbocycles. The standard InChI is InChI=1S/C23H18N4O2S3/c1-13-8-10-16(11-9-13)27-19-18(32-23(27)30)20(28)26-22(25-19)31-12-17-14(2)29-21(24-17)15-6-4-3-5-7-15/h3-11H,12H2,1-2H3,(H,25,26,28). The first-order valence-electron chi connectivity index (χ1n) is 9.87. The summed E-state index contributed by atoms with van der Waals surface area (Å²) < 4.78 is 8.79. The Morgan fingerprint density at radius 2 is 1.84 bits per heavy atom. The Morgan fingerprint density at radius 3 is 2.59 bits per heavy atom. The van der Waals surface area contributed by atoms with Gasteiger partial charge in [0.05, 0.1) is 5.69 Å². The monoisotopic (exact) mass is 478 g/mol. The molecule has 3 aromatic heterocycles. The third-order valence-electron chi connectivity index (χ3n) is 4.97. The molecule has 5 rings (SSSR count). The van der Waals surface area contributed by atoms with Crippen LogP contribution < -0.4 is 5.56 Å². The fraction of sp³-hybridized carbons (Fsp3) is 0.130. The van der Waals surface area contributed by atoms with Gasteiger partial charge in [0.15, 0.2) is 14.8 Å². The third kappa shape index (κ3) is 3.94. The normalized spacial score (nSPS) is 11.3. The van der Waals surface area contributed by atoms with Crippen molar-refractivity contribution >= 4 is 45.7 Å². The molecule has 0 aliphatic carbocycles. The van der Waals surface area contributed by atoms with Gasteiger partial charge in [-0.3, -0.25) is 9.36 Å². The fourth-order valence-electron chi connectivity index (χ4n) is 3.29. The van der Waals surface area contributed by atoms with Gasteiger partial charge in [0.1, 0.15) is 10.5 Å². The first-order valence-corrected chi connectivity index (χ1v) is 12.1. The van der Waals surface area contributed by atoms with Crippen molar-refractivity contribution in [3.05, 3.63) is 85.9 Å². The Kier molecular flexibility index (Phi) is 5.54. The van der Waals surface area contributed by atoms with Crippen LogP contribution in [0.3, 0.4) is 0 Å². The number of aryl methyl sites for hydroxylation is 2. The van der Waals surface area contributed by atoms with Gasteiger partial charge >= 0.3 is 0 Å². The van der Waals surface area contributed by atoms with Crippen LogP contribution in [0.15, 0.2) is 69.0 Å². The quantitative estimate of drug-likeness (QED) is 0.188. The molecule has 0 spiro atoms. The van der Waals surface area contributed by atoms with E-state index in [9.17, 15) is 4.79 Å². The SMILES string of the molecule is Cc1ccc(-n2c(=S)sc3c(=O)[nH]c(SCc4nc(-c5ccccc5)oc4C)nc32)cc1. The number of benzene rings is 2. The average molecular weight is 479 g/mol. The summed E-state index contributed by atoms with van der Waals surface area (Å²) in [7, 11) is 0. The van der Waals surface area contributed by atoms with Gasteiger partial charge in [-0.2, -0.15) is 0 Å². The van der Waals surface area contributed by atoms with Crippen LogP contribution >= 0.6 is 35.3 Å². The number of hydrogen-bond donors (Lipinski definition) is 1. The summed E-state index contributed by atoms with van der Waals surface area (Å²) in [4.78, 5) is 24.9. The van der Waals surface area contributed by atoms with Gasteiger partial charge in [0.25, 0.3) is 5.56 Å². The zero-order chi connectivity index (χ0) is 22.2. The molecule has 0 unspecified atom stereocenters. The molecule has 2 aromatic carbocycles. The zero-order valence-corrected chi connectivity index (χ0v) is 19.7. The minimum Gasteiger partial charge on any atom is -0.441 e. The minimum absolute atomic E-state index is 0.193. The van der Waals surface area contributed by atoms with Crippen LogP contribution in [-0.2, 0) is 5.75 Å². The van der Waals surface area contributed by atoms with E-state index in [0.29, 0.717) is 31.1 Å². The predicted molar refractivity (Wildman–Crippen MR) is 131 cm³/mol. The summed E-state index contributed by atoms with van der Waals surface area (Å²) >= 11 is 8.21. The molecule has 0 atom stereocenters. The Balaban J connectivity index is 1.48. The number of thiazole rings is 1. The van der Waals surface area contributed by atoms with E-state index in [1.165, 1.54) is 23.1 Å². The van der Waals surface area contributed by atoms with E-state index in [0.717, 1.165) is 28.3 Å². The molecule has 32 heavy (non-hydrogen) atoms. The van der Waals surface area contributed by atoms with Crippen molar-refractivity contribution in [2.45, 2.75) is 24.8 Å². The second-order valence-corrected chi connectivity index (χ2v) is 9.85. The fourth-order valence-corrected chi connectivity index (χ4v) is 5.41. The van der Waals surface area contributed by atoms with Crippen LogP contribution in [0.25, 0.3) is 27.5 Å². The Morgan fingerprint density at radius 1 is 1.09 bits per heavy atom. The molecule has 5 aromatic rings. The molecule has 0 radical (unpaired) electrons. The molecule has 0 fully saturated rings. The largest absolute Gasteiger partial charge is 0.441 e. The summed E-state index contributed by atoms with van der Waals surface area (Å²) in [6.07, 6.45) is 0. The van der Waals surface area contributed by atoms with Crippen LogP contribution in [0.1, 0.15) is 17.0 Å². The topological polar surface area (TPSA) is 76.7 Å². The van der Waals surface area contributed by atoms with Gasteiger partial charge in [-0.25, -0.2) is 9.97 Å². The van der Waals surface area contributed by atoms with Gasteiger partial charge in [-0.1, -0.05) is 59.0 Å². The number of H-pyrrole nitrogens is 1. The van der Waals surface area contributed by atoms with Gasteiger partial charge in [0, 0.05) is 17.0 Å². The van der Waals surface area contributed by atoms with Crippen molar-refractivity contribution in [1.29, 1.82) is 0 Å². The van der Waals surface area contributed by atoms with E-state index in [1.807, 2.05) is 73.0 Å². The number of oxazole rings is 1. The van der Waals surface area contributed by atoms with Crippen molar-refractivity contribution in [1.82, 2.24) is 19.5 Å². The summed E-state index contributed by atoms with van der Waals surface area (Å²) in [5.41, 5.74) is 4.16. The number of hydrogen-bond acceptors (Lipinski definition) is 7. The number of nitrogens with zero attached hydrogens (tertiary/aromatic N) is 3. The molecule has 9 heteroatoms. The number of aromatic amines is 1. The number of rotatable bonds is 5. The van der Waals surface area contributed by atoms with Crippen LogP contribution in [-0.4, -0.2) is 19.5 Å². The van der Waals surface area contributed by atoms with Gasteiger partial charge in [-0.05, 0) is 50.3 Å². The van der Waals surface area contributed by atoms with Crippen LogP contribution in [0.4, 0.5) is 0 Å². The minimum atomic E-state index is -0.193. The van der Waals surface area contributed by atoms with E-state index in [2.05, 4.69) is 9.97 Å². The lowest BCUT2D eigenvalue weighted by Crippen LogP contribution is -2.09. The highest BCUT2D eigenvalue weighted by Gasteiger charge is 2.16. The second-order valence-electron chi connectivity index (χ2n) is 7.24. The van der Waals surface area contributed by atoms with Gasteiger partial charge in [0.2, 0.25) is 5.89 Å². The van der Waals surface area contributed by atoms with E-state index >= 15 is 0 Å². The highest BCUT2D eigenvalue weighted by molar-refractivity contribution is 7.98. The summed E-state index contributed by atoms with van der Waals surface area (Å²) in [5, 5.41) is 0.514. The summed E-state index contributed by atoms with van der Waals surface area (Å²) in [6, 6.07) is 17.8. The van der Waals surface area contributed by atoms with Crippen LogP contribution in [0.5, 0.6) is 0 Å². The molecular weight excluding hydrogens is 460 g/mol. The third-order valence-corrected chi connectivity index (χ3v) is 7.22. The predicted octanol–water partition coefficient (Wildman–Crippen LogP) is 6.07. The molecule has 0 bridgehead atoms. The van der Waals surface area contributed by atoms with Crippen LogP contribution in [0, 0.1) is 17.8 Å². The highest BCUT2D eigenvalue weighted by atomic mass is 32.2. The van der Waals surface area contributed by atoms with E-state index in [1.54, 1.807) is 0 Å². The Hall–Kier alpha value is -3.01. The van der Waals surface area contributed by atoms with E-state index in [-0.39, 0.29) is 5.56 Å². The van der Waals surface area contributed by atoms with Crippen LogP contribution in [0.2, 0.25) is 0 Å². The smallest absolute Gasteiger partial charge is 0.271 e. The molecule has 0 saturated heterocycles. The molecule has 0 aliphatic heterocycles. The van der Waals surface area contributed by atoms with Crippen molar-refractivity contribution < 1.29 is 4.42 Å². The first-order chi connectivity index (χ1) is 15.5. The molecular formula is C23H18N4O2S3. The second kappa shape index (κ2) is 8.50.